The molecular weight excluding hydrogens is 238 g/mol. The van der Waals surface area contributed by atoms with E-state index in [9.17, 15) is 5.11 Å². The Morgan fingerprint density at radius 1 is 1.26 bits per heavy atom. The zero-order valence-corrected chi connectivity index (χ0v) is 11.6. The van der Waals surface area contributed by atoms with Crippen LogP contribution in [0.2, 0.25) is 0 Å². The molecule has 0 radical (unpaired) electrons. The topological polar surface area (TPSA) is 41.5 Å². The van der Waals surface area contributed by atoms with E-state index in [1.807, 2.05) is 12.1 Å². The molecule has 1 saturated heterocycles. The van der Waals surface area contributed by atoms with Gasteiger partial charge in [0.25, 0.3) is 0 Å². The molecule has 2 fully saturated rings. The molecule has 0 unspecified atom stereocenters. The van der Waals surface area contributed by atoms with E-state index in [0.29, 0.717) is 5.92 Å². The van der Waals surface area contributed by atoms with Crippen molar-refractivity contribution in [3.63, 3.8) is 0 Å². The number of nitrogens with one attached hydrogen (secondary N) is 1. The molecule has 3 heteroatoms. The highest BCUT2D eigenvalue weighted by Crippen LogP contribution is 2.47. The number of rotatable bonds is 2. The summed E-state index contributed by atoms with van der Waals surface area (Å²) in [4.78, 5) is 0. The van der Waals surface area contributed by atoms with E-state index in [-0.39, 0.29) is 6.04 Å². The molecule has 3 nitrogen and oxygen atoms in total. The number of ether oxygens (including phenoxy) is 1. The van der Waals surface area contributed by atoms with Gasteiger partial charge in [0.15, 0.2) is 0 Å². The molecule has 19 heavy (non-hydrogen) atoms. The average Bonchev–Trinajstić information content (AvgIpc) is 2.46. The van der Waals surface area contributed by atoms with E-state index in [0.717, 1.165) is 38.0 Å². The highest BCUT2D eigenvalue weighted by atomic mass is 16.5. The summed E-state index contributed by atoms with van der Waals surface area (Å²) in [6, 6.07) is 8.40. The van der Waals surface area contributed by atoms with Crippen molar-refractivity contribution in [3.8, 4) is 5.75 Å². The van der Waals surface area contributed by atoms with Crippen molar-refractivity contribution in [2.45, 2.75) is 43.7 Å². The van der Waals surface area contributed by atoms with Gasteiger partial charge in [-0.05, 0) is 31.9 Å². The summed E-state index contributed by atoms with van der Waals surface area (Å²) in [6.45, 7) is 0.885. The minimum Gasteiger partial charge on any atom is -0.496 e. The number of hydrogen-bond acceptors (Lipinski definition) is 3. The fourth-order valence-corrected chi connectivity index (χ4v) is 3.87. The van der Waals surface area contributed by atoms with Crippen molar-refractivity contribution in [2.24, 2.45) is 5.92 Å². The third-order valence-electron chi connectivity index (χ3n) is 4.86. The van der Waals surface area contributed by atoms with Gasteiger partial charge in [-0.3, -0.25) is 0 Å². The minimum atomic E-state index is -0.477. The first-order chi connectivity index (χ1) is 9.24. The summed E-state index contributed by atoms with van der Waals surface area (Å²) >= 11 is 0. The number of piperidine rings is 1. The zero-order valence-electron chi connectivity index (χ0n) is 11.6. The van der Waals surface area contributed by atoms with E-state index in [2.05, 4.69) is 17.4 Å². The van der Waals surface area contributed by atoms with Crippen LogP contribution in [0.5, 0.6) is 5.75 Å². The van der Waals surface area contributed by atoms with Crippen LogP contribution >= 0.6 is 0 Å². The molecule has 0 amide bonds. The molecule has 2 aliphatic rings. The Hall–Kier alpha value is -1.06. The van der Waals surface area contributed by atoms with E-state index < -0.39 is 5.60 Å². The first-order valence-electron chi connectivity index (χ1n) is 7.33. The predicted molar refractivity (Wildman–Crippen MR) is 75.3 cm³/mol. The second-order valence-corrected chi connectivity index (χ2v) is 5.88. The molecule has 0 bridgehead atoms. The zero-order chi connectivity index (χ0) is 13.3. The number of fused-ring (bicyclic) bond motifs is 1. The second kappa shape index (κ2) is 5.14. The van der Waals surface area contributed by atoms with Gasteiger partial charge in [-0.25, -0.2) is 0 Å². The number of benzene rings is 1. The van der Waals surface area contributed by atoms with Crippen molar-refractivity contribution in [1.29, 1.82) is 0 Å². The van der Waals surface area contributed by atoms with Crippen molar-refractivity contribution in [3.05, 3.63) is 29.8 Å². The fourth-order valence-electron chi connectivity index (χ4n) is 3.87. The number of para-hydroxylation sites is 1. The summed E-state index contributed by atoms with van der Waals surface area (Å²) in [5.41, 5.74) is 0.713. The maximum absolute atomic E-state index is 10.9. The fraction of sp³-hybridized carbons (Fsp3) is 0.625. The summed E-state index contributed by atoms with van der Waals surface area (Å²) < 4.78 is 5.49. The first-order valence-corrected chi connectivity index (χ1v) is 7.33. The van der Waals surface area contributed by atoms with Crippen LogP contribution in [0.4, 0.5) is 0 Å². The van der Waals surface area contributed by atoms with Crippen molar-refractivity contribution < 1.29 is 9.84 Å². The molecule has 3 atom stereocenters. The summed E-state index contributed by atoms with van der Waals surface area (Å²) in [5.74, 6) is 1.24. The lowest BCUT2D eigenvalue weighted by molar-refractivity contribution is -0.0863. The SMILES string of the molecule is COc1ccccc1[C@H]1NCC[C@@]2(O)CCCC[C@@H]12. The molecule has 1 aliphatic heterocycles. The van der Waals surface area contributed by atoms with Crippen LogP contribution in [0.3, 0.4) is 0 Å². The molecule has 104 valence electrons. The molecule has 0 spiro atoms. The van der Waals surface area contributed by atoms with Crippen LogP contribution in [0, 0.1) is 5.92 Å². The van der Waals surface area contributed by atoms with Crippen LogP contribution in [-0.4, -0.2) is 24.4 Å². The average molecular weight is 261 g/mol. The third kappa shape index (κ3) is 2.26. The van der Waals surface area contributed by atoms with E-state index in [1.54, 1.807) is 7.11 Å². The molecule has 1 saturated carbocycles. The number of methoxy groups -OCH3 is 1. The Kier molecular flexibility index (Phi) is 3.50. The molecule has 3 rings (SSSR count). The molecular formula is C16H23NO2. The van der Waals surface area contributed by atoms with Gasteiger partial charge in [-0.1, -0.05) is 31.0 Å². The number of aliphatic hydroxyl groups is 1. The Labute approximate surface area is 115 Å². The van der Waals surface area contributed by atoms with Gasteiger partial charge in [0.1, 0.15) is 5.75 Å². The Bertz CT molecular complexity index is 444. The lowest BCUT2D eigenvalue weighted by Gasteiger charge is -2.48. The highest BCUT2D eigenvalue weighted by molar-refractivity contribution is 5.37. The van der Waals surface area contributed by atoms with E-state index >= 15 is 0 Å². The molecule has 0 aromatic heterocycles. The molecule has 1 aliphatic carbocycles. The Morgan fingerprint density at radius 2 is 2.11 bits per heavy atom. The quantitative estimate of drug-likeness (QED) is 0.860. The van der Waals surface area contributed by atoms with Crippen molar-refractivity contribution >= 4 is 0 Å². The van der Waals surface area contributed by atoms with Gasteiger partial charge < -0.3 is 15.2 Å². The minimum absolute atomic E-state index is 0.218. The van der Waals surface area contributed by atoms with Crippen LogP contribution in [0.15, 0.2) is 24.3 Å². The summed E-state index contributed by atoms with van der Waals surface area (Å²) in [7, 11) is 1.72. The summed E-state index contributed by atoms with van der Waals surface area (Å²) in [6.07, 6.45) is 5.31. The van der Waals surface area contributed by atoms with E-state index in [4.69, 9.17) is 4.74 Å². The second-order valence-electron chi connectivity index (χ2n) is 5.88. The predicted octanol–water partition coefficient (Wildman–Crippen LogP) is 2.65. The van der Waals surface area contributed by atoms with Crippen molar-refractivity contribution in [2.75, 3.05) is 13.7 Å². The number of hydrogen-bond donors (Lipinski definition) is 2. The van der Waals surface area contributed by atoms with Crippen LogP contribution in [0.25, 0.3) is 0 Å². The standard InChI is InChI=1S/C16H23NO2/c1-19-14-8-3-2-6-12(14)15-13-7-4-5-9-16(13,18)10-11-17-15/h2-3,6,8,13,15,17-18H,4-5,7,9-11H2,1H3/t13-,15+,16-/m0/s1. The van der Waals surface area contributed by atoms with E-state index in [1.165, 1.54) is 12.0 Å². The van der Waals surface area contributed by atoms with Crippen LogP contribution in [-0.2, 0) is 0 Å². The smallest absolute Gasteiger partial charge is 0.123 e. The normalized spacial score (nSPS) is 34.6. The monoisotopic (exact) mass is 261 g/mol. The molecule has 1 aromatic carbocycles. The lowest BCUT2D eigenvalue weighted by Crippen LogP contribution is -2.53. The summed E-state index contributed by atoms with van der Waals surface area (Å²) in [5, 5.41) is 14.5. The van der Waals surface area contributed by atoms with Crippen molar-refractivity contribution in [1.82, 2.24) is 5.32 Å². The van der Waals surface area contributed by atoms with Gasteiger partial charge in [0.05, 0.1) is 12.7 Å². The van der Waals surface area contributed by atoms with Gasteiger partial charge in [0, 0.05) is 17.5 Å². The highest BCUT2D eigenvalue weighted by Gasteiger charge is 2.46. The maximum atomic E-state index is 10.9. The maximum Gasteiger partial charge on any atom is 0.123 e. The van der Waals surface area contributed by atoms with Crippen LogP contribution < -0.4 is 10.1 Å². The van der Waals surface area contributed by atoms with Gasteiger partial charge in [-0.2, -0.15) is 0 Å². The first kappa shape index (κ1) is 12.9. The lowest BCUT2D eigenvalue weighted by atomic mass is 9.66. The molecule has 1 aromatic rings. The van der Waals surface area contributed by atoms with Gasteiger partial charge in [0.2, 0.25) is 0 Å². The molecule has 1 heterocycles. The molecule has 2 N–H and O–H groups in total. The van der Waals surface area contributed by atoms with Gasteiger partial charge >= 0.3 is 0 Å². The largest absolute Gasteiger partial charge is 0.496 e. The third-order valence-corrected chi connectivity index (χ3v) is 4.86. The van der Waals surface area contributed by atoms with Gasteiger partial charge in [-0.15, -0.1) is 0 Å². The Morgan fingerprint density at radius 3 is 2.95 bits per heavy atom. The Balaban J connectivity index is 1.94. The van der Waals surface area contributed by atoms with Crippen LogP contribution in [0.1, 0.15) is 43.7 Å².